The van der Waals surface area contributed by atoms with Gasteiger partial charge >= 0.3 is 0 Å². The number of benzene rings is 1. The van der Waals surface area contributed by atoms with Crippen molar-refractivity contribution < 1.29 is 9.84 Å². The van der Waals surface area contributed by atoms with Crippen molar-refractivity contribution in [2.75, 3.05) is 13.2 Å². The molecule has 0 saturated heterocycles. The number of aliphatic hydroxyl groups excluding tert-OH is 1. The topological polar surface area (TPSA) is 41.5 Å². The molecule has 2 N–H and O–H groups in total. The largest absolute Gasteiger partial charge is 0.490 e. The highest BCUT2D eigenvalue weighted by molar-refractivity contribution is 9.10. The normalized spacial score (nSPS) is 18.4. The Hall–Kier alpha value is -0.580. The average molecular weight is 314 g/mol. The maximum absolute atomic E-state index is 9.84. The van der Waals surface area contributed by atoms with E-state index in [0.29, 0.717) is 13.2 Å². The summed E-state index contributed by atoms with van der Waals surface area (Å²) in [5, 5.41) is 13.2. The second kappa shape index (κ2) is 5.59. The SMILES string of the molecule is Cc1ccc(OCC(O)CNC2(C)CC2)c(Br)c1. The van der Waals surface area contributed by atoms with Crippen LogP contribution in [0.3, 0.4) is 0 Å². The molecule has 0 spiro atoms. The molecule has 18 heavy (non-hydrogen) atoms. The summed E-state index contributed by atoms with van der Waals surface area (Å²) < 4.78 is 6.53. The second-order valence-electron chi connectivity index (χ2n) is 5.34. The van der Waals surface area contributed by atoms with E-state index in [1.165, 1.54) is 18.4 Å². The van der Waals surface area contributed by atoms with E-state index in [1.807, 2.05) is 25.1 Å². The third-order valence-electron chi connectivity index (χ3n) is 3.28. The van der Waals surface area contributed by atoms with Crippen molar-refractivity contribution in [1.29, 1.82) is 0 Å². The van der Waals surface area contributed by atoms with Gasteiger partial charge in [0.1, 0.15) is 18.5 Å². The fraction of sp³-hybridized carbons (Fsp3) is 0.571. The summed E-state index contributed by atoms with van der Waals surface area (Å²) >= 11 is 3.46. The van der Waals surface area contributed by atoms with Gasteiger partial charge in [-0.1, -0.05) is 6.07 Å². The molecular weight excluding hydrogens is 294 g/mol. The number of rotatable bonds is 6. The van der Waals surface area contributed by atoms with Crippen molar-refractivity contribution in [3.8, 4) is 5.75 Å². The van der Waals surface area contributed by atoms with E-state index in [-0.39, 0.29) is 5.54 Å². The van der Waals surface area contributed by atoms with Crippen LogP contribution in [0, 0.1) is 6.92 Å². The van der Waals surface area contributed by atoms with E-state index >= 15 is 0 Å². The Kier molecular flexibility index (Phi) is 4.30. The van der Waals surface area contributed by atoms with Gasteiger partial charge in [-0.05, 0) is 60.3 Å². The van der Waals surface area contributed by atoms with Gasteiger partial charge in [-0.2, -0.15) is 0 Å². The fourth-order valence-corrected chi connectivity index (χ4v) is 2.30. The van der Waals surface area contributed by atoms with Crippen LogP contribution in [0.2, 0.25) is 0 Å². The van der Waals surface area contributed by atoms with Crippen LogP contribution in [-0.2, 0) is 0 Å². The molecule has 1 unspecified atom stereocenters. The van der Waals surface area contributed by atoms with Crippen molar-refractivity contribution >= 4 is 15.9 Å². The maximum Gasteiger partial charge on any atom is 0.133 e. The molecule has 0 bridgehead atoms. The van der Waals surface area contributed by atoms with E-state index in [1.54, 1.807) is 0 Å². The molecule has 1 saturated carbocycles. The molecule has 1 fully saturated rings. The zero-order valence-corrected chi connectivity index (χ0v) is 12.5. The van der Waals surface area contributed by atoms with Crippen molar-refractivity contribution in [2.45, 2.75) is 38.3 Å². The minimum Gasteiger partial charge on any atom is -0.490 e. The Labute approximate surface area is 117 Å². The minimum absolute atomic E-state index is 0.255. The van der Waals surface area contributed by atoms with Gasteiger partial charge in [0.15, 0.2) is 0 Å². The highest BCUT2D eigenvalue weighted by Crippen LogP contribution is 2.34. The van der Waals surface area contributed by atoms with Gasteiger partial charge in [-0.3, -0.25) is 0 Å². The van der Waals surface area contributed by atoms with Crippen molar-refractivity contribution in [1.82, 2.24) is 5.32 Å². The van der Waals surface area contributed by atoms with Crippen LogP contribution >= 0.6 is 15.9 Å². The Morgan fingerprint density at radius 1 is 1.50 bits per heavy atom. The van der Waals surface area contributed by atoms with E-state index < -0.39 is 6.10 Å². The van der Waals surface area contributed by atoms with Crippen LogP contribution in [-0.4, -0.2) is 29.9 Å². The van der Waals surface area contributed by atoms with E-state index in [9.17, 15) is 5.11 Å². The number of halogens is 1. The minimum atomic E-state index is -0.476. The maximum atomic E-state index is 9.84. The number of aryl methyl sites for hydroxylation is 1. The summed E-state index contributed by atoms with van der Waals surface area (Å²) in [4.78, 5) is 0. The fourth-order valence-electron chi connectivity index (χ4n) is 1.70. The molecule has 4 heteroatoms. The summed E-state index contributed by atoms with van der Waals surface area (Å²) in [6.45, 7) is 5.10. The zero-order chi connectivity index (χ0) is 13.2. The third kappa shape index (κ3) is 3.97. The Balaban J connectivity index is 1.76. The van der Waals surface area contributed by atoms with Gasteiger partial charge < -0.3 is 15.2 Å². The van der Waals surface area contributed by atoms with Crippen LogP contribution in [0.15, 0.2) is 22.7 Å². The van der Waals surface area contributed by atoms with Crippen LogP contribution in [0.4, 0.5) is 0 Å². The highest BCUT2D eigenvalue weighted by atomic mass is 79.9. The van der Waals surface area contributed by atoms with Gasteiger partial charge in [-0.15, -0.1) is 0 Å². The molecule has 0 amide bonds. The smallest absolute Gasteiger partial charge is 0.133 e. The van der Waals surface area contributed by atoms with Crippen LogP contribution in [0.25, 0.3) is 0 Å². The summed E-state index contributed by atoms with van der Waals surface area (Å²) in [6.07, 6.45) is 1.92. The summed E-state index contributed by atoms with van der Waals surface area (Å²) in [7, 11) is 0. The molecule has 3 nitrogen and oxygen atoms in total. The van der Waals surface area contributed by atoms with Crippen molar-refractivity contribution in [3.05, 3.63) is 28.2 Å². The molecule has 0 aliphatic heterocycles. The first-order chi connectivity index (χ1) is 8.48. The Bertz CT molecular complexity index is 418. The van der Waals surface area contributed by atoms with Gasteiger partial charge in [0.25, 0.3) is 0 Å². The second-order valence-corrected chi connectivity index (χ2v) is 6.19. The quantitative estimate of drug-likeness (QED) is 0.848. The predicted octanol–water partition coefficient (Wildman–Crippen LogP) is 2.64. The monoisotopic (exact) mass is 313 g/mol. The van der Waals surface area contributed by atoms with E-state index in [0.717, 1.165) is 10.2 Å². The number of nitrogens with one attached hydrogen (secondary N) is 1. The van der Waals surface area contributed by atoms with Crippen LogP contribution in [0.1, 0.15) is 25.3 Å². The Morgan fingerprint density at radius 3 is 2.83 bits per heavy atom. The highest BCUT2D eigenvalue weighted by Gasteiger charge is 2.36. The molecule has 1 aromatic carbocycles. The van der Waals surface area contributed by atoms with Crippen LogP contribution in [0.5, 0.6) is 5.75 Å². The summed E-state index contributed by atoms with van der Waals surface area (Å²) in [6, 6.07) is 5.92. The van der Waals surface area contributed by atoms with Crippen molar-refractivity contribution in [2.24, 2.45) is 0 Å². The number of β-amino-alcohol motifs (C(OH)–C–C–N with tert-alkyl or cyclic N) is 1. The lowest BCUT2D eigenvalue weighted by molar-refractivity contribution is 0.103. The zero-order valence-electron chi connectivity index (χ0n) is 10.9. The van der Waals surface area contributed by atoms with Gasteiger partial charge in [0.2, 0.25) is 0 Å². The first-order valence-corrected chi connectivity index (χ1v) is 7.10. The van der Waals surface area contributed by atoms with Crippen LogP contribution < -0.4 is 10.1 Å². The first kappa shape index (κ1) is 13.8. The molecule has 1 aliphatic carbocycles. The number of hydrogen-bond acceptors (Lipinski definition) is 3. The third-order valence-corrected chi connectivity index (χ3v) is 3.90. The molecule has 0 radical (unpaired) electrons. The molecule has 0 aromatic heterocycles. The summed E-state index contributed by atoms with van der Waals surface area (Å²) in [5.41, 5.74) is 1.43. The number of hydrogen-bond donors (Lipinski definition) is 2. The molecular formula is C14H20BrNO2. The first-order valence-electron chi connectivity index (χ1n) is 6.31. The lowest BCUT2D eigenvalue weighted by atomic mass is 10.2. The molecule has 2 rings (SSSR count). The molecule has 100 valence electrons. The standard InChI is InChI=1S/C14H20BrNO2/c1-10-3-4-13(12(15)7-10)18-9-11(17)8-16-14(2)5-6-14/h3-4,7,11,16-17H,5-6,8-9H2,1-2H3. The summed E-state index contributed by atoms with van der Waals surface area (Å²) in [5.74, 6) is 0.775. The van der Waals surface area contributed by atoms with Gasteiger partial charge in [0.05, 0.1) is 4.47 Å². The average Bonchev–Trinajstić information content (AvgIpc) is 3.04. The number of ether oxygens (including phenoxy) is 1. The van der Waals surface area contributed by atoms with Gasteiger partial charge in [-0.25, -0.2) is 0 Å². The Morgan fingerprint density at radius 2 is 2.22 bits per heavy atom. The van der Waals surface area contributed by atoms with Gasteiger partial charge in [0, 0.05) is 12.1 Å². The predicted molar refractivity (Wildman–Crippen MR) is 76.0 cm³/mol. The van der Waals surface area contributed by atoms with Crippen molar-refractivity contribution in [3.63, 3.8) is 0 Å². The molecule has 1 aromatic rings. The molecule has 1 atom stereocenters. The van der Waals surface area contributed by atoms with E-state index in [4.69, 9.17) is 4.74 Å². The lowest BCUT2D eigenvalue weighted by Crippen LogP contribution is -2.37. The lowest BCUT2D eigenvalue weighted by Gasteiger charge is -2.17. The number of aliphatic hydroxyl groups is 1. The molecule has 0 heterocycles. The van der Waals surface area contributed by atoms with E-state index in [2.05, 4.69) is 28.2 Å². The molecule has 1 aliphatic rings.